The summed E-state index contributed by atoms with van der Waals surface area (Å²) in [6, 6.07) is 22.3. The quantitative estimate of drug-likeness (QED) is 0.235. The molecule has 4 aromatic rings. The van der Waals surface area contributed by atoms with Crippen LogP contribution in [-0.4, -0.2) is 45.7 Å². The number of aryl methyl sites for hydroxylation is 1. The minimum atomic E-state index is -3.93. The predicted octanol–water partition coefficient (Wildman–Crippen LogP) is 6.07. The zero-order valence-electron chi connectivity index (χ0n) is 23.8. The van der Waals surface area contributed by atoms with Crippen LogP contribution in [0.15, 0.2) is 84.0 Å². The molecule has 0 aliphatic rings. The molecule has 0 unspecified atom stereocenters. The summed E-state index contributed by atoms with van der Waals surface area (Å²) in [5, 5.41) is 0. The summed E-state index contributed by atoms with van der Waals surface area (Å²) in [5.74, 6) is 1.11. The number of benzene rings is 3. The summed E-state index contributed by atoms with van der Waals surface area (Å²) in [5.41, 5.74) is 4.27. The van der Waals surface area contributed by atoms with Crippen molar-refractivity contribution < 1.29 is 17.9 Å². The Morgan fingerprint density at radius 2 is 1.45 bits per heavy atom. The minimum absolute atomic E-state index is 0.0907. The summed E-state index contributed by atoms with van der Waals surface area (Å²) in [6.07, 6.45) is 1.29. The molecule has 0 radical (unpaired) electrons. The van der Waals surface area contributed by atoms with Crippen molar-refractivity contribution in [1.29, 1.82) is 0 Å². The van der Waals surface area contributed by atoms with Gasteiger partial charge in [-0.1, -0.05) is 62.7 Å². The van der Waals surface area contributed by atoms with Crippen molar-refractivity contribution in [2.24, 2.45) is 0 Å². The lowest BCUT2D eigenvalue weighted by atomic mass is 9.87. The zero-order chi connectivity index (χ0) is 28.9. The van der Waals surface area contributed by atoms with Gasteiger partial charge in [-0.3, -0.25) is 4.72 Å². The Bertz CT molecular complexity index is 1530. The molecule has 0 fully saturated rings. The number of rotatable bonds is 10. The summed E-state index contributed by atoms with van der Waals surface area (Å²) in [4.78, 5) is 10.8. The minimum Gasteiger partial charge on any atom is -0.490 e. The van der Waals surface area contributed by atoms with Crippen molar-refractivity contribution in [3.05, 3.63) is 90.3 Å². The molecule has 3 aromatic carbocycles. The highest BCUT2D eigenvalue weighted by atomic mass is 32.2. The Labute approximate surface area is 237 Å². The van der Waals surface area contributed by atoms with Gasteiger partial charge in [0.25, 0.3) is 10.0 Å². The van der Waals surface area contributed by atoms with Gasteiger partial charge in [-0.2, -0.15) is 0 Å². The average Bonchev–Trinajstić information content (AvgIpc) is 2.91. The number of ether oxygens (including phenoxy) is 2. The van der Waals surface area contributed by atoms with Gasteiger partial charge in [0.1, 0.15) is 25.3 Å². The summed E-state index contributed by atoms with van der Waals surface area (Å²) in [7, 11) is 0.0346. The van der Waals surface area contributed by atoms with E-state index < -0.39 is 10.0 Å². The van der Waals surface area contributed by atoms with Crippen molar-refractivity contribution in [3.8, 4) is 22.8 Å². The Balaban J connectivity index is 1.56. The second-order valence-corrected chi connectivity index (χ2v) is 12.4. The Kier molecular flexibility index (Phi) is 8.64. The first kappa shape index (κ1) is 28.9. The molecule has 0 spiro atoms. The molecule has 1 N–H and O–H groups in total. The maximum absolute atomic E-state index is 13.4. The van der Waals surface area contributed by atoms with E-state index in [4.69, 9.17) is 9.47 Å². The van der Waals surface area contributed by atoms with Gasteiger partial charge in [0.2, 0.25) is 5.88 Å². The molecule has 0 saturated carbocycles. The standard InChI is InChI=1S/C31H36N4O4S/c1-22-7-9-23(10-8-22)28-29(34-40(36,37)27-17-11-24(12-18-27)31(2,3)4)32-21-33-30(28)39-20-19-38-26-15-13-25(14-16-26)35(5)6/h7-18,21H,19-20H2,1-6H3,(H,32,33,34). The number of nitrogens with zero attached hydrogens (tertiary/aromatic N) is 3. The molecule has 0 aliphatic carbocycles. The highest BCUT2D eigenvalue weighted by Gasteiger charge is 2.22. The molecular weight excluding hydrogens is 524 g/mol. The van der Waals surface area contributed by atoms with Crippen molar-refractivity contribution in [3.63, 3.8) is 0 Å². The number of hydrogen-bond donors (Lipinski definition) is 1. The molecular formula is C31H36N4O4S. The molecule has 8 nitrogen and oxygen atoms in total. The van der Waals surface area contributed by atoms with Gasteiger partial charge in [-0.05, 0) is 59.9 Å². The first-order chi connectivity index (χ1) is 18.9. The number of anilines is 2. The fraction of sp³-hybridized carbons (Fsp3) is 0.290. The van der Waals surface area contributed by atoms with E-state index in [0.717, 1.165) is 28.1 Å². The molecule has 0 amide bonds. The molecule has 9 heteroatoms. The van der Waals surface area contributed by atoms with E-state index in [0.29, 0.717) is 5.56 Å². The lowest BCUT2D eigenvalue weighted by Gasteiger charge is -2.19. The largest absolute Gasteiger partial charge is 0.490 e. The van der Waals surface area contributed by atoms with Crippen molar-refractivity contribution in [2.45, 2.75) is 38.0 Å². The van der Waals surface area contributed by atoms with Crippen LogP contribution in [0.2, 0.25) is 0 Å². The fourth-order valence-electron chi connectivity index (χ4n) is 4.00. The third-order valence-electron chi connectivity index (χ3n) is 6.36. The molecule has 1 aromatic heterocycles. The summed E-state index contributed by atoms with van der Waals surface area (Å²) < 4.78 is 41.2. The second kappa shape index (κ2) is 12.0. The molecule has 1 heterocycles. The monoisotopic (exact) mass is 560 g/mol. The van der Waals surface area contributed by atoms with Gasteiger partial charge < -0.3 is 14.4 Å². The second-order valence-electron chi connectivity index (χ2n) is 10.7. The van der Waals surface area contributed by atoms with Gasteiger partial charge in [0, 0.05) is 19.8 Å². The lowest BCUT2D eigenvalue weighted by Crippen LogP contribution is -2.17. The molecule has 0 atom stereocenters. The van der Waals surface area contributed by atoms with Crippen LogP contribution in [0.25, 0.3) is 11.1 Å². The molecule has 40 heavy (non-hydrogen) atoms. The molecule has 0 aliphatic heterocycles. The Morgan fingerprint density at radius 3 is 2.05 bits per heavy atom. The van der Waals surface area contributed by atoms with Crippen LogP contribution in [0, 0.1) is 6.92 Å². The maximum atomic E-state index is 13.4. The van der Waals surface area contributed by atoms with Gasteiger partial charge in [-0.25, -0.2) is 18.4 Å². The number of hydrogen-bond acceptors (Lipinski definition) is 7. The van der Waals surface area contributed by atoms with Crippen LogP contribution in [0.1, 0.15) is 31.9 Å². The van der Waals surface area contributed by atoms with E-state index in [2.05, 4.69) is 35.5 Å². The topological polar surface area (TPSA) is 93.7 Å². The first-order valence-electron chi connectivity index (χ1n) is 13.0. The van der Waals surface area contributed by atoms with Gasteiger partial charge >= 0.3 is 0 Å². The van der Waals surface area contributed by atoms with Gasteiger partial charge in [-0.15, -0.1) is 0 Å². The Hall–Kier alpha value is -4.11. The highest BCUT2D eigenvalue weighted by molar-refractivity contribution is 7.92. The summed E-state index contributed by atoms with van der Waals surface area (Å²) >= 11 is 0. The first-order valence-corrected chi connectivity index (χ1v) is 14.5. The van der Waals surface area contributed by atoms with Crippen molar-refractivity contribution in [1.82, 2.24) is 9.97 Å². The maximum Gasteiger partial charge on any atom is 0.263 e. The SMILES string of the molecule is Cc1ccc(-c2c(NS(=O)(=O)c3ccc(C(C)(C)C)cc3)ncnc2OCCOc2ccc(N(C)C)cc2)cc1. The predicted molar refractivity (Wildman–Crippen MR) is 160 cm³/mol. The van der Waals surface area contributed by atoms with Crippen LogP contribution in [0.3, 0.4) is 0 Å². The van der Waals surface area contributed by atoms with Crippen molar-refractivity contribution >= 4 is 21.5 Å². The van der Waals surface area contributed by atoms with E-state index >= 15 is 0 Å². The van der Waals surface area contributed by atoms with E-state index in [1.54, 1.807) is 12.1 Å². The van der Waals surface area contributed by atoms with Gasteiger partial charge in [0.05, 0.1) is 10.5 Å². The molecule has 0 saturated heterocycles. The van der Waals surface area contributed by atoms with Crippen LogP contribution < -0.4 is 19.1 Å². The third kappa shape index (κ3) is 7.09. The Morgan fingerprint density at radius 1 is 0.825 bits per heavy atom. The van der Waals surface area contributed by atoms with E-state index in [1.807, 2.05) is 86.6 Å². The van der Waals surface area contributed by atoms with Crippen LogP contribution >= 0.6 is 0 Å². The van der Waals surface area contributed by atoms with Crippen LogP contribution in [-0.2, 0) is 15.4 Å². The smallest absolute Gasteiger partial charge is 0.263 e. The lowest BCUT2D eigenvalue weighted by molar-refractivity contribution is 0.212. The van der Waals surface area contributed by atoms with Gasteiger partial charge in [0.15, 0.2) is 5.82 Å². The van der Waals surface area contributed by atoms with Crippen LogP contribution in [0.5, 0.6) is 11.6 Å². The normalized spacial score (nSPS) is 11.7. The third-order valence-corrected chi connectivity index (χ3v) is 7.71. The van der Waals surface area contributed by atoms with E-state index in [1.165, 1.54) is 6.33 Å². The zero-order valence-corrected chi connectivity index (χ0v) is 24.6. The number of aromatic nitrogens is 2. The fourth-order valence-corrected chi connectivity index (χ4v) is 5.02. The molecule has 4 rings (SSSR count). The van der Waals surface area contributed by atoms with Crippen molar-refractivity contribution in [2.75, 3.05) is 36.9 Å². The molecule has 0 bridgehead atoms. The van der Waals surface area contributed by atoms with Crippen LogP contribution in [0.4, 0.5) is 11.5 Å². The van der Waals surface area contributed by atoms with E-state index in [-0.39, 0.29) is 35.2 Å². The highest BCUT2D eigenvalue weighted by Crippen LogP contribution is 2.35. The number of nitrogens with one attached hydrogen (secondary N) is 1. The average molecular weight is 561 g/mol. The van der Waals surface area contributed by atoms with E-state index in [9.17, 15) is 8.42 Å². The number of sulfonamides is 1. The molecule has 210 valence electrons. The summed E-state index contributed by atoms with van der Waals surface area (Å²) in [6.45, 7) is 8.70.